The van der Waals surface area contributed by atoms with Gasteiger partial charge in [-0.05, 0) is 37.4 Å². The second kappa shape index (κ2) is 7.29. The van der Waals surface area contributed by atoms with Crippen LogP contribution in [0.25, 0.3) is 0 Å². The molecule has 0 aliphatic heterocycles. The average Bonchev–Trinajstić information content (AvgIpc) is 2.63. The second-order valence-corrected chi connectivity index (χ2v) is 6.34. The van der Waals surface area contributed by atoms with Crippen LogP contribution in [0.2, 0.25) is 0 Å². The van der Waals surface area contributed by atoms with E-state index in [2.05, 4.69) is 29.6 Å². The molecule has 2 rings (SSSR count). The molecule has 1 aromatic carbocycles. The summed E-state index contributed by atoms with van der Waals surface area (Å²) in [5.74, 6) is 0.599. The molecule has 0 heterocycles. The van der Waals surface area contributed by atoms with E-state index in [1.165, 1.54) is 17.5 Å². The van der Waals surface area contributed by atoms with Crippen molar-refractivity contribution in [1.29, 1.82) is 0 Å². The predicted molar refractivity (Wildman–Crippen MR) is 80.5 cm³/mol. The number of aliphatic hydroxyl groups is 2. The summed E-state index contributed by atoms with van der Waals surface area (Å²) in [6, 6.07) is 8.95. The van der Waals surface area contributed by atoms with Gasteiger partial charge in [-0.15, -0.1) is 0 Å². The van der Waals surface area contributed by atoms with E-state index < -0.39 is 6.10 Å². The maximum absolute atomic E-state index is 9.52. The highest BCUT2D eigenvalue weighted by atomic mass is 32.2. The van der Waals surface area contributed by atoms with Crippen molar-refractivity contribution < 1.29 is 10.2 Å². The largest absolute Gasteiger partial charge is 0.394 e. The highest BCUT2D eigenvalue weighted by Crippen LogP contribution is 2.35. The van der Waals surface area contributed by atoms with Gasteiger partial charge in [-0.2, -0.15) is 11.8 Å². The van der Waals surface area contributed by atoms with Crippen LogP contribution in [0.15, 0.2) is 24.3 Å². The smallest absolute Gasteiger partial charge is 0.0861 e. The van der Waals surface area contributed by atoms with Gasteiger partial charge in [0.25, 0.3) is 0 Å². The van der Waals surface area contributed by atoms with Gasteiger partial charge in [-0.25, -0.2) is 0 Å². The van der Waals surface area contributed by atoms with Crippen LogP contribution >= 0.6 is 11.8 Å². The summed E-state index contributed by atoms with van der Waals surface area (Å²) < 4.78 is 0. The Morgan fingerprint density at radius 3 is 2.95 bits per heavy atom. The van der Waals surface area contributed by atoms with Crippen LogP contribution in [-0.2, 0) is 6.42 Å². The summed E-state index contributed by atoms with van der Waals surface area (Å²) in [5, 5.41) is 22.3. The van der Waals surface area contributed by atoms with Gasteiger partial charge in [0.2, 0.25) is 0 Å². The molecule has 1 aliphatic carbocycles. The number of aryl methyl sites for hydroxylation is 1. The van der Waals surface area contributed by atoms with Gasteiger partial charge in [0, 0.05) is 17.0 Å². The van der Waals surface area contributed by atoms with Crippen molar-refractivity contribution in [2.75, 3.05) is 19.4 Å². The van der Waals surface area contributed by atoms with Crippen molar-refractivity contribution in [3.63, 3.8) is 0 Å². The van der Waals surface area contributed by atoms with Gasteiger partial charge in [0.15, 0.2) is 0 Å². The first-order chi connectivity index (χ1) is 9.26. The Hall–Kier alpha value is -0.550. The highest BCUT2D eigenvalue weighted by Gasteiger charge is 2.27. The fraction of sp³-hybridized carbons (Fsp3) is 0.600. The van der Waals surface area contributed by atoms with Gasteiger partial charge in [0.1, 0.15) is 0 Å². The van der Waals surface area contributed by atoms with Crippen LogP contribution in [-0.4, -0.2) is 41.0 Å². The highest BCUT2D eigenvalue weighted by molar-refractivity contribution is 8.00. The van der Waals surface area contributed by atoms with Crippen LogP contribution < -0.4 is 5.32 Å². The van der Waals surface area contributed by atoms with Gasteiger partial charge >= 0.3 is 0 Å². The molecule has 3 unspecified atom stereocenters. The Kier molecular flexibility index (Phi) is 5.70. The van der Waals surface area contributed by atoms with Crippen LogP contribution in [0.5, 0.6) is 0 Å². The molecule has 0 spiro atoms. The average molecular weight is 281 g/mol. The fourth-order valence-electron chi connectivity index (χ4n) is 2.73. The quantitative estimate of drug-likeness (QED) is 0.720. The topological polar surface area (TPSA) is 52.5 Å². The lowest BCUT2D eigenvalue weighted by molar-refractivity contribution is 0.113. The minimum atomic E-state index is -0.610. The molecule has 0 bridgehead atoms. The van der Waals surface area contributed by atoms with Crippen LogP contribution in [0, 0.1) is 0 Å². The number of rotatable bonds is 5. The molecule has 0 radical (unpaired) electrons. The lowest BCUT2D eigenvalue weighted by Gasteiger charge is -2.26. The zero-order chi connectivity index (χ0) is 13.7. The summed E-state index contributed by atoms with van der Waals surface area (Å²) in [7, 11) is 2.00. The monoisotopic (exact) mass is 281 g/mol. The van der Waals surface area contributed by atoms with E-state index in [1.54, 1.807) is 11.8 Å². The van der Waals surface area contributed by atoms with E-state index in [9.17, 15) is 5.11 Å². The van der Waals surface area contributed by atoms with E-state index in [0.29, 0.717) is 17.0 Å². The van der Waals surface area contributed by atoms with Crippen molar-refractivity contribution >= 4 is 11.8 Å². The number of benzene rings is 1. The Morgan fingerprint density at radius 2 is 2.21 bits per heavy atom. The van der Waals surface area contributed by atoms with Gasteiger partial charge in [-0.3, -0.25) is 0 Å². The molecule has 3 nitrogen and oxygen atoms in total. The van der Waals surface area contributed by atoms with E-state index in [1.807, 2.05) is 7.05 Å². The van der Waals surface area contributed by atoms with Gasteiger partial charge in [-0.1, -0.05) is 24.3 Å². The van der Waals surface area contributed by atoms with Crippen LogP contribution in [0.3, 0.4) is 0 Å². The molecule has 0 saturated heterocycles. The molecule has 4 heteroatoms. The van der Waals surface area contributed by atoms with Crippen LogP contribution in [0.4, 0.5) is 0 Å². The number of hydrogen-bond donors (Lipinski definition) is 3. The van der Waals surface area contributed by atoms with E-state index >= 15 is 0 Å². The number of hydrogen-bond acceptors (Lipinski definition) is 4. The molecular weight excluding hydrogens is 258 g/mol. The van der Waals surface area contributed by atoms with Crippen molar-refractivity contribution in [1.82, 2.24) is 5.32 Å². The molecule has 3 atom stereocenters. The molecule has 1 aromatic rings. The lowest BCUT2D eigenvalue weighted by Crippen LogP contribution is -2.28. The van der Waals surface area contributed by atoms with E-state index in [4.69, 9.17) is 5.11 Å². The van der Waals surface area contributed by atoms with Crippen molar-refractivity contribution in [3.05, 3.63) is 35.4 Å². The fourth-order valence-corrected chi connectivity index (χ4v) is 4.12. The van der Waals surface area contributed by atoms with Gasteiger partial charge in [0.05, 0.1) is 12.7 Å². The SMILES string of the molecule is CNC1c2ccccc2CCCC1SCC(O)CO. The summed E-state index contributed by atoms with van der Waals surface area (Å²) in [4.78, 5) is 0. The number of fused-ring (bicyclic) bond motifs is 1. The third-order valence-electron chi connectivity index (χ3n) is 3.72. The summed E-state index contributed by atoms with van der Waals surface area (Å²) in [5.41, 5.74) is 2.83. The number of aliphatic hydroxyl groups excluding tert-OH is 2. The zero-order valence-corrected chi connectivity index (χ0v) is 12.2. The van der Waals surface area contributed by atoms with E-state index in [0.717, 1.165) is 12.8 Å². The van der Waals surface area contributed by atoms with Crippen molar-refractivity contribution in [2.24, 2.45) is 0 Å². The van der Waals surface area contributed by atoms with Crippen molar-refractivity contribution in [2.45, 2.75) is 36.7 Å². The summed E-state index contributed by atoms with van der Waals surface area (Å²) in [6.07, 6.45) is 2.85. The molecule has 3 N–H and O–H groups in total. The second-order valence-electron chi connectivity index (χ2n) is 5.07. The first kappa shape index (κ1) is 14.9. The predicted octanol–water partition coefficient (Wildman–Crippen LogP) is 1.74. The Labute approximate surface area is 119 Å². The molecule has 1 aliphatic rings. The van der Waals surface area contributed by atoms with E-state index in [-0.39, 0.29) is 6.61 Å². The minimum Gasteiger partial charge on any atom is -0.394 e. The minimum absolute atomic E-state index is 0.152. The van der Waals surface area contributed by atoms with Gasteiger partial charge < -0.3 is 15.5 Å². The molecular formula is C15H23NO2S. The molecule has 0 saturated carbocycles. The zero-order valence-electron chi connectivity index (χ0n) is 11.4. The standard InChI is InChI=1S/C15H23NO2S/c1-16-15-13-7-3-2-5-11(13)6-4-8-14(15)19-10-12(18)9-17/h2-3,5,7,12,14-18H,4,6,8-10H2,1H3. The first-order valence-corrected chi connectivity index (χ1v) is 7.96. The lowest BCUT2D eigenvalue weighted by atomic mass is 9.99. The summed E-state index contributed by atoms with van der Waals surface area (Å²) in [6.45, 7) is -0.152. The van der Waals surface area contributed by atoms with Crippen molar-refractivity contribution in [3.8, 4) is 0 Å². The summed E-state index contributed by atoms with van der Waals surface area (Å²) >= 11 is 1.77. The third-order valence-corrected chi connectivity index (χ3v) is 5.23. The first-order valence-electron chi connectivity index (χ1n) is 6.92. The Bertz CT molecular complexity index is 399. The normalized spacial score (nSPS) is 24.6. The number of nitrogens with one attached hydrogen (secondary N) is 1. The molecule has 106 valence electrons. The Morgan fingerprint density at radius 1 is 1.42 bits per heavy atom. The third kappa shape index (κ3) is 3.72. The maximum atomic E-state index is 9.52. The molecule has 0 amide bonds. The maximum Gasteiger partial charge on any atom is 0.0861 e. The number of thioether (sulfide) groups is 1. The molecule has 0 fully saturated rings. The molecule has 19 heavy (non-hydrogen) atoms. The molecule has 0 aromatic heterocycles. The van der Waals surface area contributed by atoms with Crippen LogP contribution in [0.1, 0.15) is 30.0 Å². The Balaban J connectivity index is 2.12.